The lowest BCUT2D eigenvalue weighted by Crippen LogP contribution is -2.37. The highest BCUT2D eigenvalue weighted by atomic mass is 32.2. The average molecular weight is 971 g/mol. The van der Waals surface area contributed by atoms with Crippen molar-refractivity contribution in [3.8, 4) is 17.1 Å². The summed E-state index contributed by atoms with van der Waals surface area (Å²) in [7, 11) is -3.24. The second-order valence-electron chi connectivity index (χ2n) is 19.5. The molecule has 14 aromatic rings. The summed E-state index contributed by atoms with van der Waals surface area (Å²) in [5, 5.41) is 11.5. The summed E-state index contributed by atoms with van der Waals surface area (Å²) in [6, 6.07) is 83.0. The molecule has 0 radical (unpaired) electrons. The number of benzene rings is 10. The monoisotopic (exact) mass is 970 g/mol. The van der Waals surface area contributed by atoms with E-state index in [1.54, 1.807) is 0 Å². The summed E-state index contributed by atoms with van der Waals surface area (Å²) in [5.41, 5.74) is 13.4. The normalized spacial score (nSPS) is 17.7. The van der Waals surface area contributed by atoms with Gasteiger partial charge in [0.2, 0.25) is 0 Å². The number of rotatable bonds is 5. The fourth-order valence-electron chi connectivity index (χ4n) is 12.6. The number of para-hydroxylation sites is 6. The standard InChI is InChI=1S/C66H43N4OPS/c71-72(46-22-8-3-9-23-46)63-34-32-44(69-57-30-16-12-26-49(57)53-38-51-47-24-10-14-28-55(47)67(59(51)40-61(53)69)42-18-4-1-5-19-42)36-65(63)73-66-37-45(33-35-64(66)72)70-58-31-17-13-27-50(58)54-39-52-48-25-11-15-29-56(48)68(60(52)41-62(54)70)43-20-6-2-7-21-43/h1-41,63,65H. The zero-order chi connectivity index (χ0) is 47.9. The van der Waals surface area contributed by atoms with E-state index in [0.29, 0.717) is 0 Å². The summed E-state index contributed by atoms with van der Waals surface area (Å²) >= 11 is 1.85. The van der Waals surface area contributed by atoms with Gasteiger partial charge < -0.3 is 22.8 Å². The second-order valence-corrected chi connectivity index (χ2v) is 23.7. The zero-order valence-electron chi connectivity index (χ0n) is 39.4. The van der Waals surface area contributed by atoms with E-state index in [2.05, 4.69) is 249 Å². The molecule has 344 valence electrons. The first-order chi connectivity index (χ1) is 36.1. The maximum absolute atomic E-state index is 16.6. The number of thioether (sulfide) groups is 1. The lowest BCUT2D eigenvalue weighted by Gasteiger charge is -2.39. The lowest BCUT2D eigenvalue weighted by molar-refractivity contribution is 0.581. The number of fused-ring (bicyclic) bond motifs is 14. The van der Waals surface area contributed by atoms with Crippen LogP contribution in [0.25, 0.3) is 110 Å². The van der Waals surface area contributed by atoms with Gasteiger partial charge in [0, 0.05) is 86.6 Å². The predicted octanol–water partition coefficient (Wildman–Crippen LogP) is 16.4. The predicted molar refractivity (Wildman–Crippen MR) is 309 cm³/mol. The highest BCUT2D eigenvalue weighted by Crippen LogP contribution is 2.60. The van der Waals surface area contributed by atoms with Crippen LogP contribution in [-0.2, 0) is 4.57 Å². The molecule has 4 aromatic heterocycles. The van der Waals surface area contributed by atoms with E-state index >= 15 is 4.57 Å². The van der Waals surface area contributed by atoms with Crippen LogP contribution < -0.4 is 10.6 Å². The van der Waals surface area contributed by atoms with Gasteiger partial charge in [-0.05, 0) is 103 Å². The van der Waals surface area contributed by atoms with Gasteiger partial charge in [0.1, 0.15) is 0 Å². The van der Waals surface area contributed by atoms with Crippen LogP contribution in [0.15, 0.2) is 254 Å². The molecule has 7 heteroatoms. The molecule has 73 heavy (non-hydrogen) atoms. The van der Waals surface area contributed by atoms with Gasteiger partial charge in [0.15, 0.2) is 7.14 Å². The van der Waals surface area contributed by atoms with Gasteiger partial charge >= 0.3 is 0 Å². The number of allylic oxidation sites excluding steroid dienone is 3. The third-order valence-electron chi connectivity index (χ3n) is 15.7. The lowest BCUT2D eigenvalue weighted by atomic mass is 10.1. The van der Waals surface area contributed by atoms with Crippen LogP contribution in [0.1, 0.15) is 0 Å². The molecule has 0 bridgehead atoms. The fourth-order valence-corrected chi connectivity index (χ4v) is 18.1. The molecule has 16 rings (SSSR count). The smallest absolute Gasteiger partial charge is 0.152 e. The Morgan fingerprint density at radius 3 is 1.26 bits per heavy atom. The van der Waals surface area contributed by atoms with Crippen LogP contribution in [0, 0.1) is 0 Å². The Bertz CT molecular complexity index is 4750. The first-order valence-electron chi connectivity index (χ1n) is 25.0. The molecule has 0 fully saturated rings. The summed E-state index contributed by atoms with van der Waals surface area (Å²) in [4.78, 5) is 1.05. The molecule has 10 aromatic carbocycles. The maximum atomic E-state index is 16.6. The van der Waals surface area contributed by atoms with Crippen molar-refractivity contribution in [1.29, 1.82) is 0 Å². The number of hydrogen-bond donors (Lipinski definition) is 0. The van der Waals surface area contributed by atoms with Crippen LogP contribution in [0.2, 0.25) is 0 Å². The third kappa shape index (κ3) is 5.79. The Balaban J connectivity index is 0.901. The summed E-state index contributed by atoms with van der Waals surface area (Å²) < 4.78 is 26.2. The Morgan fingerprint density at radius 1 is 0.356 bits per heavy atom. The van der Waals surface area contributed by atoms with Crippen molar-refractivity contribution in [2.75, 3.05) is 0 Å². The quantitative estimate of drug-likeness (QED) is 0.161. The minimum Gasteiger partial charge on any atom is -0.313 e. The van der Waals surface area contributed by atoms with E-state index in [1.165, 1.54) is 54.1 Å². The number of aromatic nitrogens is 4. The molecule has 5 nitrogen and oxygen atoms in total. The highest BCUT2D eigenvalue weighted by molar-refractivity contribution is 8.02. The van der Waals surface area contributed by atoms with E-state index < -0.39 is 7.14 Å². The van der Waals surface area contributed by atoms with Crippen molar-refractivity contribution in [2.45, 2.75) is 15.8 Å². The van der Waals surface area contributed by atoms with E-state index in [9.17, 15) is 0 Å². The first kappa shape index (κ1) is 41.1. The highest BCUT2D eigenvalue weighted by Gasteiger charge is 2.46. The minimum absolute atomic E-state index is 0.108. The number of hydrogen-bond acceptors (Lipinski definition) is 2. The Hall–Kier alpha value is -8.54. The van der Waals surface area contributed by atoms with Crippen molar-refractivity contribution >= 4 is 122 Å². The van der Waals surface area contributed by atoms with Gasteiger partial charge in [-0.25, -0.2) is 0 Å². The molecule has 0 saturated heterocycles. The van der Waals surface area contributed by atoms with Crippen molar-refractivity contribution in [1.82, 2.24) is 18.3 Å². The molecule has 0 saturated carbocycles. The van der Waals surface area contributed by atoms with Crippen LogP contribution in [0.3, 0.4) is 0 Å². The molecule has 3 unspecified atom stereocenters. The molecule has 3 atom stereocenters. The molecule has 5 heterocycles. The van der Waals surface area contributed by atoms with Crippen LogP contribution in [0.4, 0.5) is 0 Å². The van der Waals surface area contributed by atoms with Gasteiger partial charge in [0.25, 0.3) is 0 Å². The summed E-state index contributed by atoms with van der Waals surface area (Å²) in [6.07, 6.45) is 6.91. The molecule has 1 aliphatic carbocycles. The first-order valence-corrected chi connectivity index (χ1v) is 27.7. The molecular formula is C66H43N4OPS. The molecule has 1 aliphatic heterocycles. The van der Waals surface area contributed by atoms with Crippen molar-refractivity contribution in [3.05, 3.63) is 249 Å². The van der Waals surface area contributed by atoms with Crippen molar-refractivity contribution in [3.63, 3.8) is 0 Å². The topological polar surface area (TPSA) is 36.8 Å². The van der Waals surface area contributed by atoms with Gasteiger partial charge in [-0.15, -0.1) is 11.8 Å². The summed E-state index contributed by atoms with van der Waals surface area (Å²) in [6.45, 7) is 0. The molecular weight excluding hydrogens is 928 g/mol. The van der Waals surface area contributed by atoms with Crippen LogP contribution >= 0.6 is 18.9 Å². The largest absolute Gasteiger partial charge is 0.313 e. The van der Waals surface area contributed by atoms with Crippen molar-refractivity contribution < 1.29 is 4.57 Å². The minimum atomic E-state index is -3.24. The van der Waals surface area contributed by atoms with Crippen LogP contribution in [-0.4, -0.2) is 29.2 Å². The van der Waals surface area contributed by atoms with E-state index in [4.69, 9.17) is 0 Å². The molecule has 2 aliphatic rings. The Kier molecular flexibility index (Phi) is 8.72. The SMILES string of the molecule is O=P1(c2ccccc2)c2ccc(-n3c4ccccc4c4cc5c6ccccc6n(-c6ccccc6)c5cc43)cc2SC2C=C(n3c4ccccc4c4cc5c6ccccc6n(-c6ccccc6)c5cc43)C=CC21. The fraction of sp³-hybridized carbons (Fsp3) is 0.0303. The average Bonchev–Trinajstić information content (AvgIpc) is 4.16. The van der Waals surface area contributed by atoms with Gasteiger partial charge in [-0.2, -0.15) is 0 Å². The van der Waals surface area contributed by atoms with Gasteiger partial charge in [0.05, 0.1) is 49.8 Å². The maximum Gasteiger partial charge on any atom is 0.152 e. The molecule has 0 amide bonds. The molecule has 0 N–H and O–H groups in total. The van der Waals surface area contributed by atoms with Gasteiger partial charge in [-0.1, -0.05) is 146 Å². The Labute approximate surface area is 424 Å². The summed E-state index contributed by atoms with van der Waals surface area (Å²) in [5.74, 6) is 0. The van der Waals surface area contributed by atoms with Crippen LogP contribution in [0.5, 0.6) is 0 Å². The Morgan fingerprint density at radius 2 is 0.767 bits per heavy atom. The molecule has 0 spiro atoms. The van der Waals surface area contributed by atoms with Gasteiger partial charge in [-0.3, -0.25) is 0 Å². The van der Waals surface area contributed by atoms with E-state index in [1.807, 2.05) is 30.0 Å². The van der Waals surface area contributed by atoms with Crippen molar-refractivity contribution in [2.24, 2.45) is 0 Å². The number of nitrogens with zero attached hydrogens (tertiary/aromatic N) is 4. The van der Waals surface area contributed by atoms with E-state index in [-0.39, 0.29) is 10.9 Å². The zero-order valence-corrected chi connectivity index (χ0v) is 41.1. The van der Waals surface area contributed by atoms with E-state index in [0.717, 1.165) is 71.4 Å². The second kappa shape index (κ2) is 15.5. The third-order valence-corrected chi connectivity index (χ3v) is 20.9.